The summed E-state index contributed by atoms with van der Waals surface area (Å²) in [4.78, 5) is 15.8. The van der Waals surface area contributed by atoms with Gasteiger partial charge in [0.05, 0.1) is 14.2 Å². The first-order chi connectivity index (χ1) is 9.74. The van der Waals surface area contributed by atoms with Crippen molar-refractivity contribution in [1.29, 1.82) is 0 Å². The van der Waals surface area contributed by atoms with E-state index >= 15 is 0 Å². The van der Waals surface area contributed by atoms with Gasteiger partial charge >= 0.3 is 0 Å². The Balaban J connectivity index is 0.00000220. The van der Waals surface area contributed by atoms with E-state index in [1.807, 2.05) is 18.2 Å². The van der Waals surface area contributed by atoms with Crippen LogP contribution in [0, 0.1) is 0 Å². The molecule has 2 rings (SSSR count). The van der Waals surface area contributed by atoms with Crippen molar-refractivity contribution >= 4 is 18.3 Å². The van der Waals surface area contributed by atoms with Crippen molar-refractivity contribution in [2.45, 2.75) is 6.54 Å². The average Bonchev–Trinajstić information content (AvgIpc) is 2.53. The average molecular weight is 309 g/mol. The van der Waals surface area contributed by atoms with Crippen LogP contribution < -0.4 is 14.8 Å². The number of hydrogen-bond acceptors (Lipinski definition) is 4. The normalized spacial score (nSPS) is 9.43. The maximum absolute atomic E-state index is 12.0. The van der Waals surface area contributed by atoms with Crippen LogP contribution in [0.25, 0.3) is 0 Å². The van der Waals surface area contributed by atoms with E-state index in [2.05, 4.69) is 10.3 Å². The summed E-state index contributed by atoms with van der Waals surface area (Å²) < 4.78 is 10.4. The van der Waals surface area contributed by atoms with E-state index in [4.69, 9.17) is 9.47 Å². The predicted molar refractivity (Wildman–Crippen MR) is 82.2 cm³/mol. The van der Waals surface area contributed by atoms with E-state index in [1.54, 1.807) is 38.7 Å². The maximum atomic E-state index is 12.0. The predicted octanol–water partition coefficient (Wildman–Crippen LogP) is 2.45. The van der Waals surface area contributed by atoms with Gasteiger partial charge in [-0.1, -0.05) is 0 Å². The highest BCUT2D eigenvalue weighted by molar-refractivity contribution is 5.93. The number of carbonyl (C=O) groups excluding carboxylic acids is 1. The fraction of sp³-hybridized carbons (Fsp3) is 0.200. The van der Waals surface area contributed by atoms with Crippen LogP contribution in [-0.4, -0.2) is 25.1 Å². The van der Waals surface area contributed by atoms with E-state index in [0.29, 0.717) is 17.9 Å². The summed E-state index contributed by atoms with van der Waals surface area (Å²) in [6.07, 6.45) is 3.17. The molecular formula is C15H17ClN2O3. The number of methoxy groups -OCH3 is 2. The summed E-state index contributed by atoms with van der Waals surface area (Å²) in [5.41, 5.74) is 1.43. The van der Waals surface area contributed by atoms with Crippen LogP contribution in [0.2, 0.25) is 0 Å². The molecule has 112 valence electrons. The van der Waals surface area contributed by atoms with Gasteiger partial charge in [-0.25, -0.2) is 0 Å². The first-order valence-electron chi connectivity index (χ1n) is 6.13. The van der Waals surface area contributed by atoms with Crippen LogP contribution in [0.5, 0.6) is 11.5 Å². The molecule has 0 radical (unpaired) electrons. The molecule has 0 aliphatic rings. The van der Waals surface area contributed by atoms with Gasteiger partial charge in [-0.05, 0) is 30.3 Å². The van der Waals surface area contributed by atoms with Gasteiger partial charge in [0.15, 0.2) is 0 Å². The van der Waals surface area contributed by atoms with Gasteiger partial charge in [-0.2, -0.15) is 0 Å². The molecule has 1 aromatic heterocycles. The lowest BCUT2D eigenvalue weighted by Crippen LogP contribution is -2.23. The molecule has 1 amide bonds. The van der Waals surface area contributed by atoms with E-state index in [9.17, 15) is 4.79 Å². The minimum atomic E-state index is -0.155. The highest BCUT2D eigenvalue weighted by Crippen LogP contribution is 2.23. The lowest BCUT2D eigenvalue weighted by molar-refractivity contribution is 0.0950. The first kappa shape index (κ1) is 16.8. The monoisotopic (exact) mass is 308 g/mol. The van der Waals surface area contributed by atoms with Crippen molar-refractivity contribution in [3.05, 3.63) is 53.9 Å². The number of aromatic nitrogens is 1. The Kier molecular flexibility index (Phi) is 6.49. The van der Waals surface area contributed by atoms with Crippen LogP contribution in [0.15, 0.2) is 42.7 Å². The number of amides is 1. The zero-order valence-corrected chi connectivity index (χ0v) is 12.6. The Morgan fingerprint density at radius 3 is 2.48 bits per heavy atom. The van der Waals surface area contributed by atoms with Crippen molar-refractivity contribution in [3.8, 4) is 11.5 Å². The molecule has 21 heavy (non-hydrogen) atoms. The Morgan fingerprint density at radius 1 is 1.14 bits per heavy atom. The smallest absolute Gasteiger partial charge is 0.251 e. The molecule has 0 fully saturated rings. The second-order valence-electron chi connectivity index (χ2n) is 4.10. The lowest BCUT2D eigenvalue weighted by atomic mass is 10.1. The lowest BCUT2D eigenvalue weighted by Gasteiger charge is -2.11. The number of halogens is 1. The fourth-order valence-corrected chi connectivity index (χ4v) is 1.80. The summed E-state index contributed by atoms with van der Waals surface area (Å²) in [5, 5.41) is 2.84. The number of nitrogens with one attached hydrogen (secondary N) is 1. The minimum absolute atomic E-state index is 0. The first-order valence-corrected chi connectivity index (χ1v) is 6.13. The van der Waals surface area contributed by atoms with Crippen molar-refractivity contribution in [1.82, 2.24) is 10.3 Å². The third kappa shape index (κ3) is 4.36. The highest BCUT2D eigenvalue weighted by Gasteiger charge is 2.08. The van der Waals surface area contributed by atoms with Gasteiger partial charge in [0.25, 0.3) is 5.91 Å². The van der Waals surface area contributed by atoms with Crippen LogP contribution in [0.3, 0.4) is 0 Å². The second kappa shape index (κ2) is 8.11. The van der Waals surface area contributed by atoms with Crippen LogP contribution in [0.4, 0.5) is 0 Å². The van der Waals surface area contributed by atoms with Gasteiger partial charge < -0.3 is 14.8 Å². The molecule has 0 saturated carbocycles. The Hall–Kier alpha value is -2.27. The van der Waals surface area contributed by atoms with E-state index in [1.165, 1.54) is 0 Å². The molecule has 0 atom stereocenters. The van der Waals surface area contributed by atoms with Gasteiger partial charge in [0.1, 0.15) is 11.5 Å². The molecule has 0 unspecified atom stereocenters. The van der Waals surface area contributed by atoms with Crippen molar-refractivity contribution < 1.29 is 14.3 Å². The molecule has 1 N–H and O–H groups in total. The maximum Gasteiger partial charge on any atom is 0.251 e. The molecule has 5 nitrogen and oxygen atoms in total. The summed E-state index contributed by atoms with van der Waals surface area (Å²) in [6, 6.07) is 8.79. The van der Waals surface area contributed by atoms with Gasteiger partial charge in [0.2, 0.25) is 0 Å². The van der Waals surface area contributed by atoms with Crippen molar-refractivity contribution in [2.75, 3.05) is 14.2 Å². The summed E-state index contributed by atoms with van der Waals surface area (Å²) in [7, 11) is 3.19. The molecule has 1 heterocycles. The van der Waals surface area contributed by atoms with Crippen molar-refractivity contribution in [3.63, 3.8) is 0 Å². The molecule has 0 aliphatic heterocycles. The number of rotatable bonds is 5. The van der Waals surface area contributed by atoms with E-state index < -0.39 is 0 Å². The number of benzene rings is 1. The summed E-state index contributed by atoms with van der Waals surface area (Å²) in [6.45, 7) is 0.363. The number of nitrogens with zero attached hydrogens (tertiary/aromatic N) is 1. The van der Waals surface area contributed by atoms with E-state index in [0.717, 1.165) is 11.3 Å². The zero-order valence-electron chi connectivity index (χ0n) is 11.8. The number of carbonyl (C=O) groups is 1. The second-order valence-corrected chi connectivity index (χ2v) is 4.10. The molecule has 0 saturated heterocycles. The Bertz CT molecular complexity index is 591. The summed E-state index contributed by atoms with van der Waals surface area (Å²) in [5.74, 6) is 1.28. The zero-order chi connectivity index (χ0) is 14.4. The topological polar surface area (TPSA) is 60.5 Å². The number of hydrogen-bond donors (Lipinski definition) is 1. The van der Waals surface area contributed by atoms with Crippen molar-refractivity contribution in [2.24, 2.45) is 0 Å². The quantitative estimate of drug-likeness (QED) is 0.921. The van der Waals surface area contributed by atoms with Crippen LogP contribution in [-0.2, 0) is 6.54 Å². The molecule has 2 aromatic rings. The molecule has 0 bridgehead atoms. The number of pyridine rings is 1. The Labute approximate surface area is 129 Å². The van der Waals surface area contributed by atoms with Crippen LogP contribution >= 0.6 is 12.4 Å². The number of ether oxygens (including phenoxy) is 2. The van der Waals surface area contributed by atoms with Gasteiger partial charge in [-0.3, -0.25) is 9.78 Å². The standard InChI is InChI=1S/C15H16N2O3.ClH/c1-19-13-3-4-14(20-2)12(9-13)10-17-15(18)11-5-7-16-8-6-11;/h3-9H,10H2,1-2H3,(H,17,18);1H. The van der Waals surface area contributed by atoms with Crippen LogP contribution in [0.1, 0.15) is 15.9 Å². The molecule has 6 heteroatoms. The Morgan fingerprint density at radius 2 is 1.86 bits per heavy atom. The third-order valence-electron chi connectivity index (χ3n) is 2.87. The highest BCUT2D eigenvalue weighted by atomic mass is 35.5. The molecule has 0 spiro atoms. The largest absolute Gasteiger partial charge is 0.497 e. The van der Waals surface area contributed by atoms with Gasteiger partial charge in [0, 0.05) is 30.1 Å². The van der Waals surface area contributed by atoms with Gasteiger partial charge in [-0.15, -0.1) is 12.4 Å². The van der Waals surface area contributed by atoms with E-state index in [-0.39, 0.29) is 18.3 Å². The minimum Gasteiger partial charge on any atom is -0.497 e. The fourth-order valence-electron chi connectivity index (χ4n) is 1.80. The SMILES string of the molecule is COc1ccc(OC)c(CNC(=O)c2ccncc2)c1.Cl. The molecule has 0 aliphatic carbocycles. The third-order valence-corrected chi connectivity index (χ3v) is 2.87. The summed E-state index contributed by atoms with van der Waals surface area (Å²) >= 11 is 0. The molecular weight excluding hydrogens is 292 g/mol. The molecule has 1 aromatic carbocycles.